The highest BCUT2D eigenvalue weighted by molar-refractivity contribution is 7.18. The molecule has 2 heterocycles. The fourth-order valence-electron chi connectivity index (χ4n) is 2.10. The van der Waals surface area contributed by atoms with Gasteiger partial charge in [0.15, 0.2) is 0 Å². The third-order valence-corrected chi connectivity index (χ3v) is 4.23. The number of nitrogens with two attached hydrogens (primary N) is 1. The van der Waals surface area contributed by atoms with Gasteiger partial charge in [0.1, 0.15) is 16.5 Å². The van der Waals surface area contributed by atoms with E-state index in [4.69, 9.17) is 5.73 Å². The summed E-state index contributed by atoms with van der Waals surface area (Å²) in [7, 11) is 0. The summed E-state index contributed by atoms with van der Waals surface area (Å²) in [6, 6.07) is 9.83. The molecule has 0 fully saturated rings. The quantitative estimate of drug-likeness (QED) is 0.716. The van der Waals surface area contributed by atoms with E-state index in [2.05, 4.69) is 28.3 Å². The molecule has 20 heavy (non-hydrogen) atoms. The molecule has 0 atom stereocenters. The summed E-state index contributed by atoms with van der Waals surface area (Å²) >= 11 is 1.72. The number of anilines is 3. The number of hydrogen-bond donors (Lipinski definition) is 2. The molecule has 0 aliphatic heterocycles. The van der Waals surface area contributed by atoms with Crippen molar-refractivity contribution in [2.45, 2.75) is 20.3 Å². The van der Waals surface area contributed by atoms with Gasteiger partial charge in [-0.25, -0.2) is 9.97 Å². The molecule has 0 saturated heterocycles. The molecule has 0 unspecified atom stereocenters. The van der Waals surface area contributed by atoms with Crippen molar-refractivity contribution < 1.29 is 0 Å². The minimum Gasteiger partial charge on any atom is -0.399 e. The Hall–Kier alpha value is -2.14. The monoisotopic (exact) mass is 284 g/mol. The predicted molar refractivity (Wildman–Crippen MR) is 85.7 cm³/mol. The van der Waals surface area contributed by atoms with Gasteiger partial charge in [-0.05, 0) is 37.6 Å². The Morgan fingerprint density at radius 2 is 2.10 bits per heavy atom. The third kappa shape index (κ3) is 2.44. The van der Waals surface area contributed by atoms with Crippen molar-refractivity contribution in [3.05, 3.63) is 41.0 Å². The molecule has 0 spiro atoms. The normalized spacial score (nSPS) is 10.9. The van der Waals surface area contributed by atoms with Crippen LogP contribution in [0.2, 0.25) is 0 Å². The number of aromatic nitrogens is 2. The highest BCUT2D eigenvalue weighted by Crippen LogP contribution is 2.31. The first-order valence-electron chi connectivity index (χ1n) is 6.55. The molecule has 5 heteroatoms. The molecular weight excluding hydrogens is 268 g/mol. The smallest absolute Gasteiger partial charge is 0.142 e. The van der Waals surface area contributed by atoms with E-state index >= 15 is 0 Å². The van der Waals surface area contributed by atoms with Gasteiger partial charge in [-0.2, -0.15) is 0 Å². The van der Waals surface area contributed by atoms with Gasteiger partial charge in [-0.3, -0.25) is 0 Å². The van der Waals surface area contributed by atoms with Gasteiger partial charge in [-0.15, -0.1) is 11.3 Å². The van der Waals surface area contributed by atoms with Crippen LogP contribution in [0.4, 0.5) is 17.2 Å². The van der Waals surface area contributed by atoms with E-state index in [9.17, 15) is 0 Å². The molecule has 0 aliphatic rings. The van der Waals surface area contributed by atoms with Crippen LogP contribution in [0.15, 0.2) is 30.3 Å². The molecule has 3 aromatic rings. The zero-order valence-corrected chi connectivity index (χ0v) is 12.3. The Labute approximate surface area is 121 Å². The summed E-state index contributed by atoms with van der Waals surface area (Å²) in [5.74, 6) is 1.61. The molecule has 0 radical (unpaired) electrons. The Balaban J connectivity index is 2.08. The number of hydrogen-bond acceptors (Lipinski definition) is 5. The summed E-state index contributed by atoms with van der Waals surface area (Å²) < 4.78 is 0. The van der Waals surface area contributed by atoms with E-state index in [0.717, 1.165) is 39.7 Å². The van der Waals surface area contributed by atoms with E-state index in [-0.39, 0.29) is 0 Å². The van der Waals surface area contributed by atoms with Gasteiger partial charge in [-0.1, -0.05) is 13.0 Å². The highest BCUT2D eigenvalue weighted by Gasteiger charge is 2.10. The number of benzene rings is 1. The van der Waals surface area contributed by atoms with Crippen LogP contribution in [0.3, 0.4) is 0 Å². The zero-order valence-electron chi connectivity index (χ0n) is 11.5. The first-order valence-corrected chi connectivity index (χ1v) is 7.37. The van der Waals surface area contributed by atoms with E-state index < -0.39 is 0 Å². The second-order valence-corrected chi connectivity index (χ2v) is 5.77. The van der Waals surface area contributed by atoms with Crippen molar-refractivity contribution in [3.8, 4) is 0 Å². The molecule has 3 N–H and O–H groups in total. The predicted octanol–water partition coefficient (Wildman–Crippen LogP) is 3.89. The third-order valence-electron chi connectivity index (χ3n) is 3.05. The van der Waals surface area contributed by atoms with Gasteiger partial charge < -0.3 is 11.1 Å². The molecule has 3 rings (SSSR count). The number of aryl methyl sites for hydroxylation is 2. The number of nitrogen functional groups attached to an aromatic ring is 1. The lowest BCUT2D eigenvalue weighted by molar-refractivity contribution is 1.10. The summed E-state index contributed by atoms with van der Waals surface area (Å²) in [4.78, 5) is 11.4. The highest BCUT2D eigenvalue weighted by atomic mass is 32.1. The lowest BCUT2D eigenvalue weighted by atomic mass is 10.2. The first-order chi connectivity index (χ1) is 9.65. The molecule has 0 aliphatic carbocycles. The van der Waals surface area contributed by atoms with E-state index in [1.54, 1.807) is 11.3 Å². The summed E-state index contributed by atoms with van der Waals surface area (Å²) in [6.07, 6.45) is 1.01. The average Bonchev–Trinajstić information content (AvgIpc) is 2.82. The van der Waals surface area contributed by atoms with Crippen molar-refractivity contribution in [1.29, 1.82) is 0 Å². The van der Waals surface area contributed by atoms with Crippen LogP contribution in [-0.4, -0.2) is 9.97 Å². The lowest BCUT2D eigenvalue weighted by Crippen LogP contribution is -1.98. The Morgan fingerprint density at radius 1 is 1.25 bits per heavy atom. The van der Waals surface area contributed by atoms with E-state index in [0.29, 0.717) is 0 Å². The molecule has 0 amide bonds. The second kappa shape index (κ2) is 5.09. The second-order valence-electron chi connectivity index (χ2n) is 4.65. The Bertz CT molecular complexity index is 764. The van der Waals surface area contributed by atoms with Crippen LogP contribution in [-0.2, 0) is 6.42 Å². The molecule has 2 aromatic heterocycles. The van der Waals surface area contributed by atoms with Crippen molar-refractivity contribution in [3.63, 3.8) is 0 Å². The van der Waals surface area contributed by atoms with Crippen molar-refractivity contribution >= 4 is 38.7 Å². The number of nitrogens with zero attached hydrogens (tertiary/aromatic N) is 2. The molecule has 102 valence electrons. The van der Waals surface area contributed by atoms with Gasteiger partial charge in [0.05, 0.1) is 5.39 Å². The maximum absolute atomic E-state index is 5.81. The minimum atomic E-state index is 0.733. The molecule has 4 nitrogen and oxygen atoms in total. The molecular formula is C15H16N4S. The summed E-state index contributed by atoms with van der Waals surface area (Å²) in [5.41, 5.74) is 7.48. The van der Waals surface area contributed by atoms with Crippen LogP contribution in [0.1, 0.15) is 17.6 Å². The standard InChI is InChI=1S/C15H16N4S/c1-3-12-8-13-14(17-9(2)18-15(13)20-12)19-11-6-4-5-10(16)7-11/h4-8H,3,16H2,1-2H3,(H,17,18,19). The number of fused-ring (bicyclic) bond motifs is 1. The van der Waals surface area contributed by atoms with Gasteiger partial charge in [0.25, 0.3) is 0 Å². The van der Waals surface area contributed by atoms with E-state index in [1.165, 1.54) is 4.88 Å². The summed E-state index contributed by atoms with van der Waals surface area (Å²) in [6.45, 7) is 4.06. The Morgan fingerprint density at radius 3 is 2.85 bits per heavy atom. The fraction of sp³-hybridized carbons (Fsp3) is 0.200. The van der Waals surface area contributed by atoms with Crippen molar-refractivity contribution in [2.24, 2.45) is 0 Å². The van der Waals surface area contributed by atoms with Crippen molar-refractivity contribution in [1.82, 2.24) is 9.97 Å². The van der Waals surface area contributed by atoms with E-state index in [1.807, 2.05) is 31.2 Å². The topological polar surface area (TPSA) is 63.8 Å². The summed E-state index contributed by atoms with van der Waals surface area (Å²) in [5, 5.41) is 4.41. The van der Waals surface area contributed by atoms with Crippen LogP contribution >= 0.6 is 11.3 Å². The van der Waals surface area contributed by atoms with Crippen LogP contribution in [0, 0.1) is 6.92 Å². The molecule has 0 saturated carbocycles. The zero-order chi connectivity index (χ0) is 14.1. The Kier molecular flexibility index (Phi) is 3.28. The van der Waals surface area contributed by atoms with Gasteiger partial charge in [0.2, 0.25) is 0 Å². The van der Waals surface area contributed by atoms with Crippen molar-refractivity contribution in [2.75, 3.05) is 11.1 Å². The first kappa shape index (κ1) is 12.9. The van der Waals surface area contributed by atoms with Gasteiger partial charge >= 0.3 is 0 Å². The average molecular weight is 284 g/mol. The number of rotatable bonds is 3. The number of nitrogens with one attached hydrogen (secondary N) is 1. The lowest BCUT2D eigenvalue weighted by Gasteiger charge is -2.08. The number of thiophene rings is 1. The van der Waals surface area contributed by atoms with Crippen LogP contribution in [0.25, 0.3) is 10.2 Å². The largest absolute Gasteiger partial charge is 0.399 e. The van der Waals surface area contributed by atoms with Crippen LogP contribution < -0.4 is 11.1 Å². The fourth-order valence-corrected chi connectivity index (χ4v) is 3.11. The molecule has 0 bridgehead atoms. The van der Waals surface area contributed by atoms with Crippen LogP contribution in [0.5, 0.6) is 0 Å². The maximum atomic E-state index is 5.81. The molecule has 1 aromatic carbocycles. The van der Waals surface area contributed by atoms with Gasteiger partial charge in [0, 0.05) is 16.3 Å². The maximum Gasteiger partial charge on any atom is 0.142 e. The SMILES string of the molecule is CCc1cc2c(Nc3cccc(N)c3)nc(C)nc2s1. The minimum absolute atomic E-state index is 0.733.